The lowest BCUT2D eigenvalue weighted by atomic mass is 10.2. The number of hydrogen-bond donors (Lipinski definition) is 4. The van der Waals surface area contributed by atoms with Gasteiger partial charge in [0.25, 0.3) is 11.8 Å². The summed E-state index contributed by atoms with van der Waals surface area (Å²) in [5.41, 5.74) is 4.52. The number of hydrogen-bond acceptors (Lipinski definition) is 9. The molecule has 1 atom stereocenters. The molecule has 3 aliphatic heterocycles. The molecule has 0 aromatic heterocycles. The minimum Gasteiger partial charge on any atom is -0.495 e. The first-order chi connectivity index (χ1) is 18.9. The first-order valence-corrected chi connectivity index (χ1v) is 13.4. The molecule has 3 aliphatic rings. The van der Waals surface area contributed by atoms with Gasteiger partial charge in [0, 0.05) is 64.4 Å². The number of hydrazine groups is 1. The van der Waals surface area contributed by atoms with E-state index in [-0.39, 0.29) is 25.7 Å². The molecule has 3 heterocycles. The van der Waals surface area contributed by atoms with E-state index in [1.165, 1.54) is 0 Å². The lowest BCUT2D eigenvalue weighted by molar-refractivity contribution is -0.137. The normalized spacial score (nSPS) is 19.5. The topological polar surface area (TPSA) is 162 Å². The zero-order valence-corrected chi connectivity index (χ0v) is 22.2. The van der Waals surface area contributed by atoms with Crippen LogP contribution in [-0.2, 0) is 23.9 Å². The van der Waals surface area contributed by atoms with Crippen LogP contribution in [0.2, 0.25) is 0 Å². The minimum absolute atomic E-state index is 0.0482. The molecule has 1 saturated heterocycles. The van der Waals surface area contributed by atoms with Gasteiger partial charge in [-0.1, -0.05) is 0 Å². The molecular formula is C25H39N7O7. The average Bonchev–Trinajstić information content (AvgIpc) is 3.27. The van der Waals surface area contributed by atoms with Gasteiger partial charge in [-0.2, -0.15) is 0 Å². The van der Waals surface area contributed by atoms with Crippen molar-refractivity contribution >= 4 is 29.8 Å². The second-order valence-corrected chi connectivity index (χ2v) is 9.46. The van der Waals surface area contributed by atoms with E-state index in [9.17, 15) is 24.0 Å². The number of urea groups is 1. The van der Waals surface area contributed by atoms with Gasteiger partial charge < -0.3 is 29.9 Å². The van der Waals surface area contributed by atoms with Crippen molar-refractivity contribution in [3.8, 4) is 0 Å². The van der Waals surface area contributed by atoms with E-state index in [4.69, 9.17) is 9.47 Å². The molecule has 39 heavy (non-hydrogen) atoms. The maximum atomic E-state index is 11.9. The van der Waals surface area contributed by atoms with Gasteiger partial charge in [0.05, 0.1) is 6.26 Å². The highest BCUT2D eigenvalue weighted by Gasteiger charge is 2.23. The Kier molecular flexibility index (Phi) is 12.5. The zero-order valence-electron chi connectivity index (χ0n) is 22.2. The first kappa shape index (κ1) is 29.9. The Morgan fingerprint density at radius 2 is 1.54 bits per heavy atom. The maximum absolute atomic E-state index is 11.9. The second-order valence-electron chi connectivity index (χ2n) is 9.46. The Balaban J connectivity index is 1.12. The molecule has 1 fully saturated rings. The molecule has 6 amide bonds. The highest BCUT2D eigenvalue weighted by Crippen LogP contribution is 2.10. The van der Waals surface area contributed by atoms with E-state index in [0.717, 1.165) is 82.0 Å². The van der Waals surface area contributed by atoms with Crippen molar-refractivity contribution in [2.24, 2.45) is 0 Å². The standard InChI is InChI=1S/C25H39N7O7/c33-21(8-13-32-22(34)6-7-23(32)35)28-29-24(36)26-9-3-11-30-14-16-31(17-15-30)12-4-10-27-25(37)39-19-20-5-1-2-18-38-20/h2,6-7,18,20H,1,3-5,8-17,19H2,(H,27,37)(H,28,33)(H2,26,29,36). The Bertz CT molecular complexity index is 900. The summed E-state index contributed by atoms with van der Waals surface area (Å²) in [6.45, 7) is 6.75. The van der Waals surface area contributed by atoms with Gasteiger partial charge in [-0.05, 0) is 44.8 Å². The van der Waals surface area contributed by atoms with Crippen LogP contribution in [0.1, 0.15) is 32.1 Å². The molecule has 14 heteroatoms. The maximum Gasteiger partial charge on any atom is 0.407 e. The molecule has 0 bridgehead atoms. The van der Waals surface area contributed by atoms with Crippen molar-refractivity contribution in [2.75, 3.05) is 65.5 Å². The largest absolute Gasteiger partial charge is 0.495 e. The molecule has 0 spiro atoms. The summed E-state index contributed by atoms with van der Waals surface area (Å²) in [5.74, 6) is -1.41. The van der Waals surface area contributed by atoms with Crippen molar-refractivity contribution in [2.45, 2.75) is 38.2 Å². The smallest absolute Gasteiger partial charge is 0.407 e. The average molecular weight is 550 g/mol. The molecule has 14 nitrogen and oxygen atoms in total. The Hall–Kier alpha value is -3.65. The summed E-state index contributed by atoms with van der Waals surface area (Å²) in [5, 5.41) is 5.47. The molecule has 0 aromatic carbocycles. The Labute approximate surface area is 228 Å². The van der Waals surface area contributed by atoms with Crippen LogP contribution in [-0.4, -0.2) is 116 Å². The quantitative estimate of drug-likeness (QED) is 0.134. The SMILES string of the molecule is O=C(CCN1C(=O)C=CC1=O)NNC(=O)NCCCN1CCN(CCCNC(=O)OCC2CCC=CO2)CC1. The lowest BCUT2D eigenvalue weighted by Crippen LogP contribution is -2.49. The zero-order chi connectivity index (χ0) is 27.9. The van der Waals surface area contributed by atoms with Crippen LogP contribution in [0.5, 0.6) is 0 Å². The van der Waals surface area contributed by atoms with E-state index in [2.05, 4.69) is 31.3 Å². The van der Waals surface area contributed by atoms with Crippen molar-refractivity contribution < 1.29 is 33.4 Å². The predicted octanol–water partition coefficient (Wildman–Crippen LogP) is -0.551. The number of allylic oxidation sites excluding steroid dienone is 1. The highest BCUT2D eigenvalue weighted by atomic mass is 16.6. The Morgan fingerprint density at radius 3 is 2.15 bits per heavy atom. The van der Waals surface area contributed by atoms with Gasteiger partial charge >= 0.3 is 12.1 Å². The van der Waals surface area contributed by atoms with Crippen LogP contribution < -0.4 is 21.5 Å². The molecule has 0 saturated carbocycles. The van der Waals surface area contributed by atoms with Crippen LogP contribution in [0, 0.1) is 0 Å². The minimum atomic E-state index is -0.528. The number of nitrogens with one attached hydrogen (secondary N) is 4. The third kappa shape index (κ3) is 11.3. The summed E-state index contributed by atoms with van der Waals surface area (Å²) in [6, 6.07) is -0.528. The van der Waals surface area contributed by atoms with Crippen LogP contribution >= 0.6 is 0 Å². The fourth-order valence-corrected chi connectivity index (χ4v) is 4.26. The van der Waals surface area contributed by atoms with Gasteiger partial charge in [-0.15, -0.1) is 0 Å². The summed E-state index contributed by atoms with van der Waals surface area (Å²) in [6.07, 6.45) is 8.75. The van der Waals surface area contributed by atoms with Gasteiger partial charge in [0.1, 0.15) is 12.7 Å². The number of alkyl carbamates (subject to hydrolysis) is 1. The van der Waals surface area contributed by atoms with Gasteiger partial charge in [-0.25, -0.2) is 15.0 Å². The van der Waals surface area contributed by atoms with Crippen LogP contribution in [0.3, 0.4) is 0 Å². The molecule has 0 aliphatic carbocycles. The summed E-state index contributed by atoms with van der Waals surface area (Å²) >= 11 is 0. The van der Waals surface area contributed by atoms with Crippen molar-refractivity contribution in [1.82, 2.24) is 36.2 Å². The van der Waals surface area contributed by atoms with Crippen molar-refractivity contribution in [3.63, 3.8) is 0 Å². The number of carbonyl (C=O) groups excluding carboxylic acids is 5. The number of nitrogens with zero attached hydrogens (tertiary/aromatic N) is 3. The monoisotopic (exact) mass is 549 g/mol. The van der Waals surface area contributed by atoms with Crippen LogP contribution in [0.4, 0.5) is 9.59 Å². The molecule has 3 rings (SSSR count). The molecular weight excluding hydrogens is 510 g/mol. The number of piperazine rings is 1. The van der Waals surface area contributed by atoms with Gasteiger partial charge in [-0.3, -0.25) is 24.7 Å². The fourth-order valence-electron chi connectivity index (χ4n) is 4.26. The lowest BCUT2D eigenvalue weighted by Gasteiger charge is -2.34. The predicted molar refractivity (Wildman–Crippen MR) is 140 cm³/mol. The third-order valence-electron chi connectivity index (χ3n) is 6.52. The number of amides is 6. The number of imide groups is 1. The number of ether oxygens (including phenoxy) is 2. The molecule has 0 radical (unpaired) electrons. The second kappa shape index (κ2) is 16.3. The summed E-state index contributed by atoms with van der Waals surface area (Å²) < 4.78 is 10.6. The Morgan fingerprint density at radius 1 is 0.897 bits per heavy atom. The van der Waals surface area contributed by atoms with Crippen molar-refractivity contribution in [1.29, 1.82) is 0 Å². The van der Waals surface area contributed by atoms with E-state index in [0.29, 0.717) is 13.1 Å². The number of carbonyl (C=O) groups is 5. The summed E-state index contributed by atoms with van der Waals surface area (Å²) in [7, 11) is 0. The fraction of sp³-hybridized carbons (Fsp3) is 0.640. The first-order valence-electron chi connectivity index (χ1n) is 13.4. The van der Waals surface area contributed by atoms with Crippen LogP contribution in [0.15, 0.2) is 24.5 Å². The van der Waals surface area contributed by atoms with Crippen molar-refractivity contribution in [3.05, 3.63) is 24.5 Å². The molecule has 1 unspecified atom stereocenters. The van der Waals surface area contributed by atoms with Crippen LogP contribution in [0.25, 0.3) is 0 Å². The van der Waals surface area contributed by atoms with E-state index < -0.39 is 29.8 Å². The van der Waals surface area contributed by atoms with E-state index >= 15 is 0 Å². The molecule has 4 N–H and O–H groups in total. The third-order valence-corrected chi connectivity index (χ3v) is 6.52. The summed E-state index contributed by atoms with van der Waals surface area (Å²) in [4.78, 5) is 64.0. The molecule has 216 valence electrons. The molecule has 0 aromatic rings. The highest BCUT2D eigenvalue weighted by molar-refractivity contribution is 6.13. The van der Waals surface area contributed by atoms with E-state index in [1.54, 1.807) is 6.26 Å². The van der Waals surface area contributed by atoms with Gasteiger partial charge in [0.15, 0.2) is 0 Å². The van der Waals surface area contributed by atoms with E-state index in [1.807, 2.05) is 6.08 Å². The number of rotatable bonds is 13. The van der Waals surface area contributed by atoms with Gasteiger partial charge in [0.2, 0.25) is 5.91 Å².